The monoisotopic (exact) mass is 1190 g/mol. The average molecular weight is 1190 g/mol. The van der Waals surface area contributed by atoms with Gasteiger partial charge in [0.15, 0.2) is 0 Å². The summed E-state index contributed by atoms with van der Waals surface area (Å²) < 4.78 is 45.2. The molecule has 0 spiro atoms. The van der Waals surface area contributed by atoms with Crippen LogP contribution in [-0.4, -0.2) is 46.7 Å². The standard InChI is InChI=1S/3C20H27O2Si.Bi/c3*1-20(2,3)23(4,5)22-16-18-12-9-13-19(14-18)21-15-17-10-7-6-8-11-17;/h3*6-8,10-14H,15-16H2,1-5H3;/q;;;+2. The van der Waals surface area contributed by atoms with Crippen molar-refractivity contribution in [2.75, 3.05) is 0 Å². The van der Waals surface area contributed by atoms with Crippen LogP contribution >= 0.6 is 0 Å². The first-order valence-corrected chi connectivity index (χ1v) is 38.9. The summed E-state index contributed by atoms with van der Waals surface area (Å²) in [5, 5.41) is 0.181. The number of hydrogen-bond donors (Lipinski definition) is 0. The molecule has 0 heterocycles. The molecule has 6 rings (SSSR count). The van der Waals surface area contributed by atoms with Crippen molar-refractivity contribution in [3.63, 3.8) is 0 Å². The first kappa shape index (κ1) is 55.4. The minimum absolute atomic E-state index is 0.0603. The number of rotatable bonds is 21. The van der Waals surface area contributed by atoms with Crippen LogP contribution in [0.4, 0.5) is 0 Å². The number of hydrogen-bond acceptors (Lipinski definition) is 6. The Bertz CT molecular complexity index is 2310. The zero-order valence-electron chi connectivity index (χ0n) is 45.0. The third-order valence-electron chi connectivity index (χ3n) is 14.6. The first-order valence-electron chi connectivity index (χ1n) is 24.9. The second kappa shape index (κ2) is 23.3. The molecule has 0 aliphatic carbocycles. The van der Waals surface area contributed by atoms with Crippen LogP contribution in [-0.2, 0) is 52.9 Å². The van der Waals surface area contributed by atoms with Crippen molar-refractivity contribution >= 4 is 56.5 Å². The second-order valence-electron chi connectivity index (χ2n) is 23.3. The molecule has 0 aromatic heterocycles. The van der Waals surface area contributed by atoms with Crippen LogP contribution in [0.25, 0.3) is 0 Å². The van der Waals surface area contributed by atoms with Crippen molar-refractivity contribution in [1.29, 1.82) is 0 Å². The molecule has 70 heavy (non-hydrogen) atoms. The van der Waals surface area contributed by atoms with E-state index in [1.54, 1.807) is 0 Å². The summed E-state index contributed by atoms with van der Waals surface area (Å²) in [7, 11) is -6.32. The van der Waals surface area contributed by atoms with E-state index in [9.17, 15) is 0 Å². The van der Waals surface area contributed by atoms with Crippen LogP contribution in [0.15, 0.2) is 146 Å². The molecule has 0 unspecified atom stereocenters. The van der Waals surface area contributed by atoms with Gasteiger partial charge >= 0.3 is 437 Å². The van der Waals surface area contributed by atoms with E-state index in [4.69, 9.17) is 27.5 Å². The maximum atomic E-state index is 6.99. The van der Waals surface area contributed by atoms with E-state index < -0.39 is 46.7 Å². The van der Waals surface area contributed by atoms with Crippen LogP contribution in [0.2, 0.25) is 54.4 Å². The molecule has 0 saturated heterocycles. The fourth-order valence-corrected chi connectivity index (χ4v) is 19.7. The van der Waals surface area contributed by atoms with Crippen molar-refractivity contribution in [3.05, 3.63) is 179 Å². The van der Waals surface area contributed by atoms with Gasteiger partial charge in [0.1, 0.15) is 0 Å². The van der Waals surface area contributed by atoms with Gasteiger partial charge in [-0.05, 0) is 0 Å². The number of benzene rings is 6. The van der Waals surface area contributed by atoms with Crippen LogP contribution in [0.3, 0.4) is 0 Å². The molecule has 0 radical (unpaired) electrons. The quantitative estimate of drug-likeness (QED) is 0.0670. The molecule has 6 nitrogen and oxygen atoms in total. The fraction of sp³-hybridized carbons (Fsp3) is 0.400. The topological polar surface area (TPSA) is 55.4 Å². The van der Waals surface area contributed by atoms with Crippen molar-refractivity contribution in [3.8, 4) is 17.2 Å². The van der Waals surface area contributed by atoms with E-state index in [0.717, 1.165) is 50.6 Å². The van der Waals surface area contributed by atoms with E-state index in [2.05, 4.69) is 229 Å². The fourth-order valence-electron chi connectivity index (χ4n) is 6.93. The molecule has 372 valence electrons. The Kier molecular flexibility index (Phi) is 18.5. The molecular weight excluding hydrogens is 1110 g/mol. The molecule has 0 fully saturated rings. The van der Waals surface area contributed by atoms with Crippen LogP contribution in [0.5, 0.6) is 17.2 Å². The van der Waals surface area contributed by atoms with Gasteiger partial charge in [-0.1, -0.05) is 0 Å². The van der Waals surface area contributed by atoms with Gasteiger partial charge in [-0.2, -0.15) is 0 Å². The summed E-state index contributed by atoms with van der Waals surface area (Å²) in [6, 6.07) is 52.0. The Hall–Kier alpha value is -3.87. The molecule has 0 amide bonds. The van der Waals surface area contributed by atoms with E-state index in [-0.39, 0.29) is 15.1 Å². The second-order valence-corrected chi connectivity index (χ2v) is 46.4. The third-order valence-corrected chi connectivity index (χ3v) is 37.1. The molecule has 10 heteroatoms. The Labute approximate surface area is 433 Å². The van der Waals surface area contributed by atoms with Crippen LogP contribution in [0, 0.1) is 0 Å². The summed E-state index contributed by atoms with van der Waals surface area (Å²) in [5.74, 6) is 2.52. The molecule has 6 aromatic carbocycles. The predicted molar refractivity (Wildman–Crippen MR) is 302 cm³/mol. The molecule has 0 N–H and O–H groups in total. The summed E-state index contributed by atoms with van der Waals surface area (Å²) in [5.41, 5.74) is 6.70. The van der Waals surface area contributed by atoms with Gasteiger partial charge in [0.2, 0.25) is 0 Å². The molecule has 0 aliphatic rings. The molecular formula is C60H81BiO6Si3+2. The van der Waals surface area contributed by atoms with Gasteiger partial charge < -0.3 is 0 Å². The molecule has 0 aliphatic heterocycles. The van der Waals surface area contributed by atoms with Gasteiger partial charge in [0.05, 0.1) is 0 Å². The van der Waals surface area contributed by atoms with E-state index in [0.29, 0.717) is 39.6 Å². The Morgan fingerprint density at radius 2 is 0.557 bits per heavy atom. The molecule has 0 atom stereocenters. The van der Waals surface area contributed by atoms with E-state index in [1.807, 2.05) is 18.2 Å². The van der Waals surface area contributed by atoms with Crippen LogP contribution < -0.4 is 24.0 Å². The minimum atomic E-state index is -3.46. The van der Waals surface area contributed by atoms with Gasteiger partial charge in [-0.25, -0.2) is 0 Å². The molecule has 6 aromatic rings. The zero-order chi connectivity index (χ0) is 51.0. The molecule has 0 bridgehead atoms. The van der Waals surface area contributed by atoms with Gasteiger partial charge in [-0.3, -0.25) is 0 Å². The molecule has 0 saturated carbocycles. The van der Waals surface area contributed by atoms with Gasteiger partial charge in [0, 0.05) is 0 Å². The summed E-state index contributed by atoms with van der Waals surface area (Å²) in [6.07, 6.45) is 0. The van der Waals surface area contributed by atoms with Crippen molar-refractivity contribution in [2.24, 2.45) is 0 Å². The van der Waals surface area contributed by atoms with Crippen LogP contribution in [0.1, 0.15) is 95.7 Å². The Balaban J connectivity index is 1.58. The van der Waals surface area contributed by atoms with E-state index in [1.165, 1.54) is 9.81 Å². The first-order chi connectivity index (χ1) is 32.8. The van der Waals surface area contributed by atoms with Crippen molar-refractivity contribution in [1.82, 2.24) is 0 Å². The summed E-state index contributed by atoms with van der Waals surface area (Å²) >= 11 is -3.46. The number of ether oxygens (including phenoxy) is 3. The summed E-state index contributed by atoms with van der Waals surface area (Å²) in [4.78, 5) is 0. The van der Waals surface area contributed by atoms with Gasteiger partial charge in [-0.15, -0.1) is 0 Å². The Morgan fingerprint density at radius 3 is 0.786 bits per heavy atom. The maximum absolute atomic E-state index is 6.99. The summed E-state index contributed by atoms with van der Waals surface area (Å²) in [6.45, 7) is 37.6. The van der Waals surface area contributed by atoms with Gasteiger partial charge in [0.25, 0.3) is 0 Å². The zero-order valence-corrected chi connectivity index (χ0v) is 51.5. The van der Waals surface area contributed by atoms with Crippen molar-refractivity contribution < 1.29 is 27.5 Å². The predicted octanol–water partition coefficient (Wildman–Crippen LogP) is 14.5. The van der Waals surface area contributed by atoms with E-state index >= 15 is 0 Å². The normalized spacial score (nSPS) is 12.7. The third kappa shape index (κ3) is 15.6. The van der Waals surface area contributed by atoms with Crippen molar-refractivity contribution in [2.45, 2.75) is 156 Å². The average Bonchev–Trinajstić information content (AvgIpc) is 3.30. The Morgan fingerprint density at radius 1 is 0.314 bits per heavy atom. The SMILES string of the molecule is CC(C)(C)[Si](C)(C)OCc1cc(OCc2ccccc2)c[c]([Bi+2]([c]2cc(CO[Si](C)(C)C(C)(C)C)cc(OCc3ccccc3)c2)[c]2cc(CO[Si](C)(C)C(C)(C)C)cc(OCc3ccccc3)c2)c1.